The number of carbonyl (C=O) groups is 2. The monoisotopic (exact) mass is 456 g/mol. The minimum Gasteiger partial charge on any atom is -0.497 e. The molecule has 1 N–H and O–H groups in total. The SMILES string of the molecule is CCOC(=O)Cc1csc(NC(=O)Cc2csc3nc(-c4ccc(OC)cc4)cn23)n1. The molecule has 0 atom stereocenters. The van der Waals surface area contributed by atoms with Crippen LogP contribution in [-0.4, -0.2) is 40.0 Å². The zero-order chi connectivity index (χ0) is 21.8. The molecular formula is C21H20N4O4S2. The van der Waals surface area contributed by atoms with Crippen molar-refractivity contribution in [3.8, 4) is 17.0 Å². The van der Waals surface area contributed by atoms with Crippen molar-refractivity contribution in [3.63, 3.8) is 0 Å². The normalized spacial score (nSPS) is 10.9. The van der Waals surface area contributed by atoms with E-state index in [-0.39, 0.29) is 24.7 Å². The fraction of sp³-hybridized carbons (Fsp3) is 0.238. The largest absolute Gasteiger partial charge is 0.497 e. The number of benzene rings is 1. The zero-order valence-corrected chi connectivity index (χ0v) is 18.6. The number of imidazole rings is 1. The Morgan fingerprint density at radius 2 is 1.90 bits per heavy atom. The highest BCUT2D eigenvalue weighted by molar-refractivity contribution is 7.15. The number of rotatable bonds is 8. The molecule has 0 aliphatic carbocycles. The first-order valence-corrected chi connectivity index (χ1v) is 11.3. The maximum Gasteiger partial charge on any atom is 0.311 e. The lowest BCUT2D eigenvalue weighted by molar-refractivity contribution is -0.142. The molecule has 0 radical (unpaired) electrons. The van der Waals surface area contributed by atoms with E-state index in [1.807, 2.05) is 40.2 Å². The third-order valence-electron chi connectivity index (χ3n) is 4.44. The number of ether oxygens (including phenoxy) is 2. The van der Waals surface area contributed by atoms with Gasteiger partial charge in [0.15, 0.2) is 10.1 Å². The van der Waals surface area contributed by atoms with Gasteiger partial charge in [-0.3, -0.25) is 14.0 Å². The van der Waals surface area contributed by atoms with Gasteiger partial charge in [-0.1, -0.05) is 0 Å². The summed E-state index contributed by atoms with van der Waals surface area (Å²) in [6.07, 6.45) is 2.21. The summed E-state index contributed by atoms with van der Waals surface area (Å²) >= 11 is 2.76. The average molecular weight is 457 g/mol. The molecule has 31 heavy (non-hydrogen) atoms. The predicted octanol–water partition coefficient (Wildman–Crippen LogP) is 3.81. The summed E-state index contributed by atoms with van der Waals surface area (Å²) in [7, 11) is 1.63. The Balaban J connectivity index is 1.42. The van der Waals surface area contributed by atoms with Gasteiger partial charge in [0.25, 0.3) is 0 Å². The number of hydrogen-bond acceptors (Lipinski definition) is 8. The van der Waals surface area contributed by atoms with Crippen molar-refractivity contribution in [1.82, 2.24) is 14.4 Å². The maximum atomic E-state index is 12.5. The number of nitrogens with one attached hydrogen (secondary N) is 1. The topological polar surface area (TPSA) is 94.8 Å². The Bertz CT molecular complexity index is 1210. The molecule has 0 saturated carbocycles. The van der Waals surface area contributed by atoms with E-state index in [0.717, 1.165) is 27.7 Å². The number of carbonyl (C=O) groups excluding carboxylic acids is 2. The molecule has 1 aromatic carbocycles. The summed E-state index contributed by atoms with van der Waals surface area (Å²) in [6.45, 7) is 2.09. The smallest absolute Gasteiger partial charge is 0.311 e. The molecule has 4 aromatic rings. The summed E-state index contributed by atoms with van der Waals surface area (Å²) < 4.78 is 12.0. The van der Waals surface area contributed by atoms with Crippen LogP contribution in [0.25, 0.3) is 16.2 Å². The summed E-state index contributed by atoms with van der Waals surface area (Å²) in [6, 6.07) is 7.69. The second-order valence-corrected chi connectivity index (χ2v) is 8.28. The highest BCUT2D eigenvalue weighted by Gasteiger charge is 2.15. The van der Waals surface area contributed by atoms with Gasteiger partial charge in [0.05, 0.1) is 37.9 Å². The Morgan fingerprint density at radius 3 is 2.65 bits per heavy atom. The molecule has 160 valence electrons. The number of esters is 1. The van der Waals surface area contributed by atoms with Crippen LogP contribution >= 0.6 is 22.7 Å². The van der Waals surface area contributed by atoms with Crippen molar-refractivity contribution in [2.45, 2.75) is 19.8 Å². The van der Waals surface area contributed by atoms with Crippen molar-refractivity contribution in [3.05, 3.63) is 52.6 Å². The van der Waals surface area contributed by atoms with Crippen LogP contribution in [0, 0.1) is 0 Å². The number of nitrogens with zero attached hydrogens (tertiary/aromatic N) is 3. The molecule has 0 aliphatic heterocycles. The van der Waals surface area contributed by atoms with Crippen LogP contribution in [-0.2, 0) is 27.2 Å². The van der Waals surface area contributed by atoms with E-state index in [0.29, 0.717) is 17.4 Å². The van der Waals surface area contributed by atoms with Gasteiger partial charge in [0, 0.05) is 28.2 Å². The van der Waals surface area contributed by atoms with E-state index in [2.05, 4.69) is 15.3 Å². The van der Waals surface area contributed by atoms with E-state index in [9.17, 15) is 9.59 Å². The first-order chi connectivity index (χ1) is 15.1. The summed E-state index contributed by atoms with van der Waals surface area (Å²) in [5.74, 6) is 0.269. The highest BCUT2D eigenvalue weighted by Crippen LogP contribution is 2.26. The maximum absolute atomic E-state index is 12.5. The van der Waals surface area contributed by atoms with Crippen molar-refractivity contribution >= 4 is 44.6 Å². The molecule has 1 amide bonds. The Morgan fingerprint density at radius 1 is 1.10 bits per heavy atom. The molecule has 10 heteroatoms. The first-order valence-electron chi connectivity index (χ1n) is 9.55. The van der Waals surface area contributed by atoms with E-state index in [1.165, 1.54) is 22.7 Å². The predicted molar refractivity (Wildman–Crippen MR) is 120 cm³/mol. The van der Waals surface area contributed by atoms with Crippen molar-refractivity contribution in [2.24, 2.45) is 0 Å². The molecule has 0 bridgehead atoms. The molecular weight excluding hydrogens is 436 g/mol. The van der Waals surface area contributed by atoms with Crippen molar-refractivity contribution in [2.75, 3.05) is 19.0 Å². The highest BCUT2D eigenvalue weighted by atomic mass is 32.1. The van der Waals surface area contributed by atoms with E-state index in [1.54, 1.807) is 19.4 Å². The van der Waals surface area contributed by atoms with E-state index < -0.39 is 0 Å². The minimum absolute atomic E-state index is 0.0918. The van der Waals surface area contributed by atoms with Crippen molar-refractivity contribution in [1.29, 1.82) is 0 Å². The molecule has 4 rings (SSSR count). The van der Waals surface area contributed by atoms with Gasteiger partial charge >= 0.3 is 5.97 Å². The quantitative estimate of drug-likeness (QED) is 0.405. The molecule has 0 aliphatic rings. The van der Waals surface area contributed by atoms with Crippen LogP contribution in [0.1, 0.15) is 18.3 Å². The summed E-state index contributed by atoms with van der Waals surface area (Å²) in [5.41, 5.74) is 3.23. The molecule has 0 spiro atoms. The standard InChI is InChI=1S/C21H20N4O4S2/c1-3-29-19(27)8-14-11-30-20(22-14)24-18(26)9-15-12-31-21-23-17(10-25(15)21)13-4-6-16(28-2)7-5-13/h4-7,10-12H,3,8-9H2,1-2H3,(H,22,24,26). The van der Waals surface area contributed by atoms with E-state index >= 15 is 0 Å². The van der Waals surface area contributed by atoms with Crippen LogP contribution in [0.5, 0.6) is 5.75 Å². The number of hydrogen-bond donors (Lipinski definition) is 1. The molecule has 0 saturated heterocycles. The Labute approximate surface area is 186 Å². The number of aromatic nitrogens is 3. The van der Waals surface area contributed by atoms with E-state index in [4.69, 9.17) is 9.47 Å². The number of fused-ring (bicyclic) bond motifs is 1. The fourth-order valence-electron chi connectivity index (χ4n) is 2.99. The lowest BCUT2D eigenvalue weighted by Crippen LogP contribution is -2.15. The molecule has 3 heterocycles. The summed E-state index contributed by atoms with van der Waals surface area (Å²) in [4.78, 5) is 33.8. The second kappa shape index (κ2) is 9.27. The van der Waals surface area contributed by atoms with Crippen LogP contribution in [0.3, 0.4) is 0 Å². The third kappa shape index (κ3) is 4.92. The van der Waals surface area contributed by atoms with Gasteiger partial charge in [0.1, 0.15) is 5.75 Å². The number of amides is 1. The van der Waals surface area contributed by atoms with Crippen LogP contribution in [0.4, 0.5) is 5.13 Å². The van der Waals surface area contributed by atoms with Gasteiger partial charge in [0.2, 0.25) is 5.91 Å². The fourth-order valence-corrected chi connectivity index (χ4v) is 4.59. The Kier molecular flexibility index (Phi) is 6.28. The van der Waals surface area contributed by atoms with Gasteiger partial charge in [-0.25, -0.2) is 9.97 Å². The third-order valence-corrected chi connectivity index (χ3v) is 6.13. The lowest BCUT2D eigenvalue weighted by atomic mass is 10.2. The molecule has 0 fully saturated rings. The summed E-state index contributed by atoms with van der Waals surface area (Å²) in [5, 5.41) is 6.92. The lowest BCUT2D eigenvalue weighted by Gasteiger charge is -2.02. The number of thiazole rings is 2. The molecule has 0 unspecified atom stereocenters. The van der Waals surface area contributed by atoms with Gasteiger partial charge in [-0.15, -0.1) is 22.7 Å². The molecule has 8 nitrogen and oxygen atoms in total. The van der Waals surface area contributed by atoms with Gasteiger partial charge in [-0.2, -0.15) is 0 Å². The van der Waals surface area contributed by atoms with Gasteiger partial charge < -0.3 is 14.8 Å². The number of methoxy groups -OCH3 is 1. The first kappa shape index (κ1) is 21.0. The second-order valence-electron chi connectivity index (χ2n) is 6.59. The minimum atomic E-state index is -0.334. The average Bonchev–Trinajstić information content (AvgIpc) is 3.46. The van der Waals surface area contributed by atoms with Gasteiger partial charge in [-0.05, 0) is 31.2 Å². The van der Waals surface area contributed by atoms with Crippen LogP contribution in [0.15, 0.2) is 41.2 Å². The van der Waals surface area contributed by atoms with Crippen LogP contribution in [0.2, 0.25) is 0 Å². The van der Waals surface area contributed by atoms with Crippen LogP contribution < -0.4 is 10.1 Å². The number of anilines is 1. The zero-order valence-electron chi connectivity index (χ0n) is 17.0. The Hall–Kier alpha value is -3.24. The molecule has 3 aromatic heterocycles. The van der Waals surface area contributed by atoms with Crippen molar-refractivity contribution < 1.29 is 19.1 Å².